The lowest BCUT2D eigenvalue weighted by Crippen LogP contribution is -2.18. The van der Waals surface area contributed by atoms with Gasteiger partial charge in [-0.25, -0.2) is 4.39 Å². The highest BCUT2D eigenvalue weighted by atomic mass is 19.1. The molecule has 3 atom stereocenters. The molecular weight excluding hydrogens is 413 g/mol. The Hall–Kier alpha value is -3.45. The van der Waals surface area contributed by atoms with E-state index in [0.717, 1.165) is 17.7 Å². The van der Waals surface area contributed by atoms with Gasteiger partial charge in [0.15, 0.2) is 0 Å². The molecule has 0 spiro atoms. The summed E-state index contributed by atoms with van der Waals surface area (Å²) in [4.78, 5) is 15.7. The molecule has 1 aliphatic rings. The van der Waals surface area contributed by atoms with E-state index < -0.39 is 18.0 Å². The maximum Gasteiger partial charge on any atom is 0.309 e. The smallest absolute Gasteiger partial charge is 0.309 e. The Morgan fingerprint density at radius 2 is 2.00 bits per heavy atom. The van der Waals surface area contributed by atoms with E-state index in [9.17, 15) is 14.3 Å². The highest BCUT2D eigenvalue weighted by molar-refractivity contribution is 5.70. The number of carboxylic acids is 1. The number of carboxylic acid groups (broad SMARTS) is 1. The van der Waals surface area contributed by atoms with E-state index in [4.69, 9.17) is 14.6 Å². The number of aromatic nitrogens is 1. The quantitative estimate of drug-likeness (QED) is 0.556. The molecule has 0 unspecified atom stereocenters. The average molecular weight is 437 g/mol. The molecule has 6 nitrogen and oxygen atoms in total. The van der Waals surface area contributed by atoms with Crippen LogP contribution in [0.5, 0.6) is 11.5 Å². The van der Waals surface area contributed by atoms with Crippen molar-refractivity contribution in [1.29, 1.82) is 0 Å². The second-order valence-electron chi connectivity index (χ2n) is 7.90. The number of pyridine rings is 1. The van der Waals surface area contributed by atoms with Gasteiger partial charge in [-0.15, -0.1) is 0 Å². The number of benzene rings is 2. The Bertz CT molecular complexity index is 1150. The van der Waals surface area contributed by atoms with E-state index in [1.807, 2.05) is 6.07 Å². The average Bonchev–Trinajstić information content (AvgIpc) is 3.20. The van der Waals surface area contributed by atoms with Gasteiger partial charge in [-0.05, 0) is 67.3 Å². The van der Waals surface area contributed by atoms with Crippen molar-refractivity contribution in [1.82, 2.24) is 4.98 Å². The normalized spacial score (nSPS) is 16.8. The van der Waals surface area contributed by atoms with E-state index in [1.165, 1.54) is 20.1 Å². The second-order valence-corrected chi connectivity index (χ2v) is 7.90. The van der Waals surface area contributed by atoms with Crippen LogP contribution in [0.1, 0.15) is 42.4 Å². The number of hydrogen-bond donors (Lipinski definition) is 2. The number of aliphatic hydroxyl groups excluding tert-OH is 1. The van der Waals surface area contributed by atoms with Crippen LogP contribution in [-0.4, -0.2) is 28.3 Å². The van der Waals surface area contributed by atoms with Gasteiger partial charge in [0.25, 0.3) is 0 Å². The Labute approximate surface area is 185 Å². The first-order valence-corrected chi connectivity index (χ1v) is 10.4. The molecule has 0 fully saturated rings. The van der Waals surface area contributed by atoms with Gasteiger partial charge in [0.05, 0.1) is 24.8 Å². The molecule has 0 radical (unpaired) electrons. The molecule has 2 N–H and O–H groups in total. The molecule has 1 aromatic heterocycles. The summed E-state index contributed by atoms with van der Waals surface area (Å²) in [6.45, 7) is 1.46. The fourth-order valence-electron chi connectivity index (χ4n) is 3.91. The number of methoxy groups -OCH3 is 1. The Morgan fingerprint density at radius 3 is 2.75 bits per heavy atom. The van der Waals surface area contributed by atoms with Crippen molar-refractivity contribution < 1.29 is 28.9 Å². The van der Waals surface area contributed by atoms with Gasteiger partial charge in [-0.2, -0.15) is 0 Å². The van der Waals surface area contributed by atoms with Gasteiger partial charge in [0.2, 0.25) is 0 Å². The van der Waals surface area contributed by atoms with Crippen LogP contribution in [0.15, 0.2) is 54.7 Å². The lowest BCUT2D eigenvalue weighted by atomic mass is 9.97. The van der Waals surface area contributed by atoms with E-state index in [1.54, 1.807) is 42.6 Å². The molecule has 0 aliphatic heterocycles. The molecule has 7 heteroatoms. The maximum absolute atomic E-state index is 14.4. The maximum atomic E-state index is 14.4. The topological polar surface area (TPSA) is 88.9 Å². The third-order valence-corrected chi connectivity index (χ3v) is 5.81. The van der Waals surface area contributed by atoms with E-state index in [-0.39, 0.29) is 11.9 Å². The molecule has 0 bridgehead atoms. The summed E-state index contributed by atoms with van der Waals surface area (Å²) in [5.74, 6) is -1.25. The number of carbonyl (C=O) groups is 1. The van der Waals surface area contributed by atoms with Gasteiger partial charge < -0.3 is 19.7 Å². The second kappa shape index (κ2) is 8.96. The largest absolute Gasteiger partial charge is 0.497 e. The highest BCUT2D eigenvalue weighted by Gasteiger charge is 2.28. The van der Waals surface area contributed by atoms with E-state index >= 15 is 0 Å². The van der Waals surface area contributed by atoms with Gasteiger partial charge in [0, 0.05) is 17.3 Å². The zero-order valence-electron chi connectivity index (χ0n) is 17.8. The molecule has 3 aromatic rings. The number of nitrogens with zero attached hydrogens (tertiary/aromatic N) is 1. The van der Waals surface area contributed by atoms with Crippen LogP contribution in [0.4, 0.5) is 4.39 Å². The Kier molecular flexibility index (Phi) is 6.10. The molecule has 4 rings (SSSR count). The minimum Gasteiger partial charge on any atom is -0.497 e. The summed E-state index contributed by atoms with van der Waals surface area (Å²) >= 11 is 0. The standard InChI is InChI=1S/C25H24FNO5/c1-14(25(29)30)24(28)16-4-3-5-19(11-16)32-22-9-6-15-10-17(13-27-23(15)22)20-12-18(31-2)7-8-21(20)26/h3-5,7-8,10-14,22,24,28H,6,9H2,1-2H3,(H,29,30)/t14-,22+,24+/m0/s1. The van der Waals surface area contributed by atoms with Crippen LogP contribution in [0.25, 0.3) is 11.1 Å². The summed E-state index contributed by atoms with van der Waals surface area (Å²) in [6, 6.07) is 13.3. The highest BCUT2D eigenvalue weighted by Crippen LogP contribution is 2.37. The molecule has 32 heavy (non-hydrogen) atoms. The summed E-state index contributed by atoms with van der Waals surface area (Å²) < 4.78 is 25.7. The van der Waals surface area contributed by atoms with Crippen molar-refractivity contribution in [2.75, 3.05) is 7.11 Å². The first-order valence-electron chi connectivity index (χ1n) is 10.4. The number of ether oxygens (including phenoxy) is 2. The number of halogens is 1. The molecular formula is C25H24FNO5. The van der Waals surface area contributed by atoms with Crippen LogP contribution in [0.3, 0.4) is 0 Å². The molecule has 0 amide bonds. The van der Waals surface area contributed by atoms with Crippen molar-refractivity contribution in [3.63, 3.8) is 0 Å². The first kappa shape index (κ1) is 21.8. The first-order chi connectivity index (χ1) is 15.4. The van der Waals surface area contributed by atoms with Crippen LogP contribution < -0.4 is 9.47 Å². The number of rotatable bonds is 7. The van der Waals surface area contributed by atoms with Crippen LogP contribution in [-0.2, 0) is 11.2 Å². The lowest BCUT2D eigenvalue weighted by Gasteiger charge is -2.18. The van der Waals surface area contributed by atoms with Crippen molar-refractivity contribution in [3.8, 4) is 22.6 Å². The lowest BCUT2D eigenvalue weighted by molar-refractivity contribution is -0.145. The molecule has 0 saturated heterocycles. The number of aliphatic hydroxyl groups is 1. The van der Waals surface area contributed by atoms with Crippen LogP contribution in [0, 0.1) is 11.7 Å². The predicted octanol–water partition coefficient (Wildman–Crippen LogP) is 4.72. The van der Waals surface area contributed by atoms with Gasteiger partial charge in [-0.3, -0.25) is 9.78 Å². The Morgan fingerprint density at radius 1 is 1.19 bits per heavy atom. The molecule has 1 heterocycles. The SMILES string of the molecule is COc1ccc(F)c(-c2cnc3c(c2)CC[C@H]3Oc2cccc([C@H](O)[C@H](C)C(=O)O)c2)c1. The van der Waals surface area contributed by atoms with Crippen molar-refractivity contribution in [2.24, 2.45) is 5.92 Å². The fourth-order valence-corrected chi connectivity index (χ4v) is 3.91. The van der Waals surface area contributed by atoms with Gasteiger partial charge >= 0.3 is 5.97 Å². The number of aryl methyl sites for hydroxylation is 1. The Balaban J connectivity index is 1.55. The zero-order chi connectivity index (χ0) is 22.8. The van der Waals surface area contributed by atoms with Crippen molar-refractivity contribution in [3.05, 3.63) is 77.4 Å². The molecule has 166 valence electrons. The predicted molar refractivity (Wildman–Crippen MR) is 116 cm³/mol. The summed E-state index contributed by atoms with van der Waals surface area (Å²) in [7, 11) is 1.54. The van der Waals surface area contributed by atoms with Crippen molar-refractivity contribution >= 4 is 5.97 Å². The summed E-state index contributed by atoms with van der Waals surface area (Å²) in [5.41, 5.74) is 3.37. The minimum atomic E-state index is -1.13. The molecule has 1 aliphatic carbocycles. The van der Waals surface area contributed by atoms with E-state index in [0.29, 0.717) is 34.6 Å². The summed E-state index contributed by atoms with van der Waals surface area (Å²) in [5, 5.41) is 19.5. The van der Waals surface area contributed by atoms with Gasteiger partial charge in [0.1, 0.15) is 23.4 Å². The van der Waals surface area contributed by atoms with Gasteiger partial charge in [-0.1, -0.05) is 12.1 Å². The molecule has 0 saturated carbocycles. The number of fused-ring (bicyclic) bond motifs is 1. The fraction of sp³-hybridized carbons (Fsp3) is 0.280. The third kappa shape index (κ3) is 4.29. The number of aliphatic carboxylic acids is 1. The third-order valence-electron chi connectivity index (χ3n) is 5.81. The number of hydrogen-bond acceptors (Lipinski definition) is 5. The minimum absolute atomic E-state index is 0.279. The summed E-state index contributed by atoms with van der Waals surface area (Å²) in [6.07, 6.45) is 1.67. The van der Waals surface area contributed by atoms with Crippen LogP contribution in [0.2, 0.25) is 0 Å². The monoisotopic (exact) mass is 437 g/mol. The van der Waals surface area contributed by atoms with E-state index in [2.05, 4.69) is 4.98 Å². The van der Waals surface area contributed by atoms with Crippen molar-refractivity contribution in [2.45, 2.75) is 32.0 Å². The molecule has 2 aromatic carbocycles. The zero-order valence-corrected chi connectivity index (χ0v) is 17.8. The van der Waals surface area contributed by atoms with Crippen LogP contribution >= 0.6 is 0 Å².